The highest BCUT2D eigenvalue weighted by molar-refractivity contribution is 6.29. The third kappa shape index (κ3) is 18.3. The first-order valence-corrected chi connectivity index (χ1v) is 17.5. The summed E-state index contributed by atoms with van der Waals surface area (Å²) in [7, 11) is 0. The number of rotatable bonds is 9. The first-order valence-electron chi connectivity index (χ1n) is 17.1. The van der Waals surface area contributed by atoms with Crippen molar-refractivity contribution in [1.82, 2.24) is 0 Å². The normalized spacial score (nSPS) is 24.1. The summed E-state index contributed by atoms with van der Waals surface area (Å²) in [4.78, 5) is 0. The number of ether oxygens (including phenoxy) is 1. The van der Waals surface area contributed by atoms with E-state index < -0.39 is 0 Å². The first-order chi connectivity index (χ1) is 19.4. The van der Waals surface area contributed by atoms with Crippen molar-refractivity contribution in [2.24, 2.45) is 40.7 Å². The van der Waals surface area contributed by atoms with E-state index in [0.29, 0.717) is 23.4 Å². The Bertz CT molecular complexity index is 694. The van der Waals surface area contributed by atoms with Crippen molar-refractivity contribution in [2.75, 3.05) is 6.61 Å². The van der Waals surface area contributed by atoms with E-state index in [2.05, 4.69) is 86.4 Å². The number of nitrogens with two attached hydrogens (primary N) is 1. The van der Waals surface area contributed by atoms with Gasteiger partial charge in [0.2, 0.25) is 0 Å². The largest absolute Gasteiger partial charge is 0.405 e. The molecule has 0 aromatic heterocycles. The Labute approximate surface area is 264 Å². The molecule has 4 unspecified atom stereocenters. The first kappa shape index (κ1) is 44.5. The van der Waals surface area contributed by atoms with E-state index in [9.17, 15) is 0 Å². The highest BCUT2D eigenvalue weighted by atomic mass is 35.5. The standard InChI is InChI=1S/C14H23Cl.C14H24O.C4H10.C2H5N.2C2H6/c1-6-8-12-11(7-2)13(9-10(3)15)14(12,4)5;1-3-12-6-5-7-13(10-11-8-9-11)14(12)15-4-2;1-4(2)3;1-2-3;2*1-2/h9,13H,6-8H2,1-5H3;3,11-14H,1,4-10H2,2H3;4H,1-3H3;2H,1,3H2;2*1-2H3/b10-9+;;;;;. The van der Waals surface area contributed by atoms with Gasteiger partial charge in [0.1, 0.15) is 0 Å². The van der Waals surface area contributed by atoms with Crippen LogP contribution in [0.5, 0.6) is 0 Å². The summed E-state index contributed by atoms with van der Waals surface area (Å²) in [5.41, 5.74) is 8.24. The molecule has 0 bridgehead atoms. The molecule has 0 amide bonds. The number of hydrogen-bond acceptors (Lipinski definition) is 2. The van der Waals surface area contributed by atoms with Crippen LogP contribution in [0.3, 0.4) is 0 Å². The second-order valence-electron chi connectivity index (χ2n) is 12.2. The molecule has 41 heavy (non-hydrogen) atoms. The van der Waals surface area contributed by atoms with E-state index in [4.69, 9.17) is 16.3 Å². The second kappa shape index (κ2) is 26.6. The second-order valence-corrected chi connectivity index (χ2v) is 12.8. The van der Waals surface area contributed by atoms with Gasteiger partial charge >= 0.3 is 0 Å². The van der Waals surface area contributed by atoms with Crippen molar-refractivity contribution < 1.29 is 4.74 Å². The molecule has 0 aromatic rings. The van der Waals surface area contributed by atoms with Crippen LogP contribution in [0.15, 0.2) is 47.7 Å². The van der Waals surface area contributed by atoms with Crippen molar-refractivity contribution >= 4 is 11.6 Å². The quantitative estimate of drug-likeness (QED) is 0.269. The van der Waals surface area contributed by atoms with Crippen LogP contribution in [0.1, 0.15) is 148 Å². The Morgan fingerprint density at radius 2 is 1.54 bits per heavy atom. The van der Waals surface area contributed by atoms with Crippen molar-refractivity contribution in [3.63, 3.8) is 0 Å². The predicted octanol–water partition coefficient (Wildman–Crippen LogP) is 12.9. The topological polar surface area (TPSA) is 35.2 Å². The minimum atomic E-state index is 0.331. The SMILES string of the molecule is C=CC1CCCC(CC2CC2)C1OCC.C=CN.CC.CC.CC(C)C.CCCC1=C(CC)C(/C=C(\C)Cl)C1(C)C. The van der Waals surface area contributed by atoms with Gasteiger partial charge in [0.05, 0.1) is 6.10 Å². The zero-order chi connectivity index (χ0) is 32.6. The van der Waals surface area contributed by atoms with E-state index in [-0.39, 0.29) is 0 Å². The summed E-state index contributed by atoms with van der Waals surface area (Å²) in [6.45, 7) is 35.8. The molecule has 0 saturated heterocycles. The molecule has 3 heteroatoms. The van der Waals surface area contributed by atoms with E-state index in [1.807, 2.05) is 34.6 Å². The van der Waals surface area contributed by atoms with E-state index in [1.54, 1.807) is 11.1 Å². The molecule has 0 radical (unpaired) electrons. The number of allylic oxidation sites excluding steroid dienone is 4. The van der Waals surface area contributed by atoms with Crippen LogP contribution in [-0.4, -0.2) is 12.7 Å². The van der Waals surface area contributed by atoms with E-state index >= 15 is 0 Å². The fraction of sp³-hybridized carbons (Fsp3) is 0.789. The Kier molecular flexibility index (Phi) is 28.9. The van der Waals surface area contributed by atoms with Crippen molar-refractivity contribution in [1.29, 1.82) is 0 Å². The number of hydrogen-bond donors (Lipinski definition) is 1. The fourth-order valence-corrected chi connectivity index (χ4v) is 6.01. The highest BCUT2D eigenvalue weighted by Gasteiger charge is 2.43. The third-order valence-electron chi connectivity index (χ3n) is 7.59. The van der Waals surface area contributed by atoms with Gasteiger partial charge in [-0.2, -0.15) is 0 Å². The van der Waals surface area contributed by atoms with Gasteiger partial charge in [0.15, 0.2) is 0 Å². The Morgan fingerprint density at radius 3 is 1.90 bits per heavy atom. The average molecular weight is 596 g/mol. The molecule has 3 rings (SSSR count). The van der Waals surface area contributed by atoms with Crippen LogP contribution >= 0.6 is 11.6 Å². The van der Waals surface area contributed by atoms with E-state index in [1.165, 1.54) is 64.0 Å². The monoisotopic (exact) mass is 596 g/mol. The highest BCUT2D eigenvalue weighted by Crippen LogP contribution is 2.55. The molecule has 0 spiro atoms. The lowest BCUT2D eigenvalue weighted by atomic mass is 9.56. The Balaban J connectivity index is -0.000000523. The minimum Gasteiger partial charge on any atom is -0.405 e. The molecule has 2 N–H and O–H groups in total. The van der Waals surface area contributed by atoms with E-state index in [0.717, 1.165) is 29.4 Å². The summed E-state index contributed by atoms with van der Waals surface area (Å²) >= 11 is 6.00. The van der Waals surface area contributed by atoms with Gasteiger partial charge < -0.3 is 10.5 Å². The van der Waals surface area contributed by atoms with Crippen molar-refractivity contribution in [3.05, 3.63) is 47.7 Å². The summed E-state index contributed by atoms with van der Waals surface area (Å²) in [6, 6.07) is 0. The summed E-state index contributed by atoms with van der Waals surface area (Å²) in [5, 5.41) is 0.926. The molecule has 2 fully saturated rings. The maximum atomic E-state index is 6.00. The lowest BCUT2D eigenvalue weighted by Gasteiger charge is -2.48. The van der Waals surface area contributed by atoms with Crippen LogP contribution in [0, 0.1) is 35.0 Å². The lowest BCUT2D eigenvalue weighted by molar-refractivity contribution is -0.0330. The average Bonchev–Trinajstić information content (AvgIpc) is 3.76. The molecule has 2 nitrogen and oxygen atoms in total. The molecule has 0 aliphatic heterocycles. The third-order valence-corrected chi connectivity index (χ3v) is 7.72. The molecular weight excluding hydrogens is 522 g/mol. The van der Waals surface area contributed by atoms with Gasteiger partial charge in [-0.05, 0) is 75.3 Å². The fourth-order valence-electron chi connectivity index (χ4n) is 5.88. The zero-order valence-corrected chi connectivity index (χ0v) is 30.8. The Hall–Kier alpha value is -0.990. The molecule has 0 aromatic carbocycles. The zero-order valence-electron chi connectivity index (χ0n) is 30.0. The van der Waals surface area contributed by atoms with Crippen LogP contribution in [0.4, 0.5) is 0 Å². The van der Waals surface area contributed by atoms with Gasteiger partial charge in [-0.15, -0.1) is 6.58 Å². The lowest BCUT2D eigenvalue weighted by Crippen LogP contribution is -2.37. The summed E-state index contributed by atoms with van der Waals surface area (Å²) in [5.74, 6) is 3.86. The maximum absolute atomic E-state index is 6.00. The van der Waals surface area contributed by atoms with Crippen molar-refractivity contribution in [3.8, 4) is 0 Å². The van der Waals surface area contributed by atoms with Crippen LogP contribution in [0.2, 0.25) is 0 Å². The smallest absolute Gasteiger partial charge is 0.0665 e. The van der Waals surface area contributed by atoms with Gasteiger partial charge in [-0.1, -0.05) is 143 Å². The van der Waals surface area contributed by atoms with Gasteiger partial charge in [-0.3, -0.25) is 0 Å². The molecule has 3 aliphatic carbocycles. The molecule has 0 heterocycles. The van der Waals surface area contributed by atoms with Crippen LogP contribution in [-0.2, 0) is 4.74 Å². The van der Waals surface area contributed by atoms with Crippen molar-refractivity contribution in [2.45, 2.75) is 154 Å². The molecule has 3 aliphatic rings. The van der Waals surface area contributed by atoms with Gasteiger partial charge in [0, 0.05) is 23.5 Å². The summed E-state index contributed by atoms with van der Waals surface area (Å²) < 4.78 is 5.96. The minimum absolute atomic E-state index is 0.331. The molecular formula is C38H74ClNO. The molecule has 2 saturated carbocycles. The van der Waals surface area contributed by atoms with Crippen LogP contribution in [0.25, 0.3) is 0 Å². The molecule has 244 valence electrons. The van der Waals surface area contributed by atoms with Gasteiger partial charge in [-0.25, -0.2) is 0 Å². The molecule has 4 atom stereocenters. The summed E-state index contributed by atoms with van der Waals surface area (Å²) in [6.07, 6.45) is 18.1. The van der Waals surface area contributed by atoms with Gasteiger partial charge in [0.25, 0.3) is 0 Å². The van der Waals surface area contributed by atoms with Crippen LogP contribution < -0.4 is 5.73 Å². The maximum Gasteiger partial charge on any atom is 0.0665 e. The number of halogens is 1. The Morgan fingerprint density at radius 1 is 1.02 bits per heavy atom. The predicted molar refractivity (Wildman–Crippen MR) is 190 cm³/mol.